The molecule has 11 nitrogen and oxygen atoms in total. The molecule has 2 N–H and O–H groups in total. The third-order valence-electron chi connectivity index (χ3n) is 11.4. The van der Waals surface area contributed by atoms with Gasteiger partial charge in [0, 0.05) is 25.1 Å². The number of nitrogen functional groups attached to an aromatic ring is 1. The van der Waals surface area contributed by atoms with Crippen LogP contribution in [-0.4, -0.2) is 98.6 Å². The molecule has 5 aliphatic heterocycles. The van der Waals surface area contributed by atoms with E-state index in [1.165, 1.54) is 0 Å². The van der Waals surface area contributed by atoms with Gasteiger partial charge in [-0.3, -0.25) is 9.80 Å². The van der Waals surface area contributed by atoms with E-state index >= 15 is 4.39 Å². The summed E-state index contributed by atoms with van der Waals surface area (Å²) in [5.41, 5.74) is -0.474. The number of ether oxygens (including phenoxy) is 3. The van der Waals surface area contributed by atoms with E-state index in [1.807, 2.05) is 9.80 Å². The summed E-state index contributed by atoms with van der Waals surface area (Å²) in [4.78, 5) is 32.7. The molecule has 0 unspecified atom stereocenters. The van der Waals surface area contributed by atoms with Crippen molar-refractivity contribution in [1.29, 1.82) is 0 Å². The van der Waals surface area contributed by atoms with Crippen LogP contribution < -0.4 is 20.1 Å². The largest absolute Gasteiger partial charge is 0.472 e. The molecule has 2 aromatic heterocycles. The van der Waals surface area contributed by atoms with E-state index in [0.29, 0.717) is 31.9 Å². The van der Waals surface area contributed by atoms with Crippen LogP contribution in [0.15, 0.2) is 6.07 Å². The molecule has 1 aromatic carbocycles. The van der Waals surface area contributed by atoms with Crippen LogP contribution in [0.4, 0.5) is 42.6 Å². The lowest BCUT2D eigenvalue weighted by molar-refractivity contribution is -0.137. The van der Waals surface area contributed by atoms with Crippen molar-refractivity contribution in [3.63, 3.8) is 0 Å². The standard InChI is InChI=1S/C36H41F6N7O4/c1-16-24(36(40,41)42)20(11-21(43)25(16)38)27-26(39)28-23-30(46-32(45-28)51-15-35-9-6-10-47(35)13-18(37)12-35)48-14-19-7-8-22(29(48)17(2)52-31(23)44-27)49(19)33(50)53-34(3,4)5/h11,17-19,22,29H,6-10,12-15,43H2,1-5H3/t17-,18+,19+,22-,29+,35-/m0/s1. The van der Waals surface area contributed by atoms with Crippen molar-refractivity contribution in [3.8, 4) is 23.1 Å². The highest BCUT2D eigenvalue weighted by molar-refractivity contribution is 5.98. The van der Waals surface area contributed by atoms with Crippen LogP contribution in [0.5, 0.6) is 11.9 Å². The van der Waals surface area contributed by atoms with Crippen molar-refractivity contribution in [2.45, 2.75) is 114 Å². The maximum atomic E-state index is 17.0. The number of carbonyl (C=O) groups excluding carboxylic acids is 1. The van der Waals surface area contributed by atoms with E-state index in [0.717, 1.165) is 13.3 Å². The Balaban J connectivity index is 1.30. The quantitative estimate of drug-likeness (QED) is 0.232. The van der Waals surface area contributed by atoms with E-state index < -0.39 is 93.0 Å². The second-order valence-corrected chi connectivity index (χ2v) is 16.0. The summed E-state index contributed by atoms with van der Waals surface area (Å²) in [5, 5.41) is 0.00350. The van der Waals surface area contributed by atoms with Gasteiger partial charge in [-0.2, -0.15) is 23.1 Å². The van der Waals surface area contributed by atoms with Crippen molar-refractivity contribution < 1.29 is 45.3 Å². The van der Waals surface area contributed by atoms with Gasteiger partial charge >= 0.3 is 18.3 Å². The highest BCUT2D eigenvalue weighted by Gasteiger charge is 2.54. The molecule has 4 fully saturated rings. The van der Waals surface area contributed by atoms with Crippen LogP contribution >= 0.6 is 0 Å². The van der Waals surface area contributed by atoms with E-state index in [1.54, 1.807) is 32.6 Å². The monoisotopic (exact) mass is 749 g/mol. The summed E-state index contributed by atoms with van der Waals surface area (Å²) < 4.78 is 109. The maximum absolute atomic E-state index is 17.0. The molecule has 0 radical (unpaired) electrons. The Hall–Kier alpha value is -4.28. The van der Waals surface area contributed by atoms with Crippen molar-refractivity contribution in [2.24, 2.45) is 0 Å². The van der Waals surface area contributed by atoms with E-state index in [9.17, 15) is 26.7 Å². The topological polar surface area (TPSA) is 119 Å². The summed E-state index contributed by atoms with van der Waals surface area (Å²) in [6.07, 6.45) is -4.41. The number of hydrogen-bond donors (Lipinski definition) is 1. The average molecular weight is 750 g/mol. The minimum Gasteiger partial charge on any atom is -0.472 e. The zero-order valence-corrected chi connectivity index (χ0v) is 30.0. The highest BCUT2D eigenvalue weighted by atomic mass is 19.4. The molecule has 1 amide bonds. The minimum absolute atomic E-state index is 0.00350. The van der Waals surface area contributed by atoms with Gasteiger partial charge < -0.3 is 24.8 Å². The second-order valence-electron chi connectivity index (χ2n) is 16.0. The zero-order chi connectivity index (χ0) is 37.9. The lowest BCUT2D eigenvalue weighted by Gasteiger charge is -2.48. The number of aromatic nitrogens is 3. The average Bonchev–Trinajstić information content (AvgIpc) is 3.67. The molecule has 17 heteroatoms. The summed E-state index contributed by atoms with van der Waals surface area (Å²) >= 11 is 0. The molecular weight excluding hydrogens is 708 g/mol. The summed E-state index contributed by atoms with van der Waals surface area (Å²) in [6.45, 7) is 9.19. The number of hydrogen-bond acceptors (Lipinski definition) is 10. The number of nitrogens with two attached hydrogens (primary N) is 1. The molecule has 5 aliphatic rings. The number of halogens is 6. The van der Waals surface area contributed by atoms with Gasteiger partial charge in [0.05, 0.1) is 34.9 Å². The lowest BCUT2D eigenvalue weighted by Crippen LogP contribution is -2.65. The SMILES string of the molecule is Cc1c(F)c(N)cc(-c2nc3c4c(nc(OC[C@@]56CCCN5C[C@H](F)C6)nc4c2F)N2C[C@H]4CC[C@@H]([C@H]2[C@H](C)O3)N4C(=O)OC(C)(C)C)c1C(F)(F)F. The highest BCUT2D eigenvalue weighted by Crippen LogP contribution is 2.49. The summed E-state index contributed by atoms with van der Waals surface area (Å²) in [6, 6.07) is -0.880. The van der Waals surface area contributed by atoms with Gasteiger partial charge in [0.25, 0.3) is 0 Å². The molecule has 7 heterocycles. The molecule has 2 bridgehead atoms. The summed E-state index contributed by atoms with van der Waals surface area (Å²) in [5.74, 6) is -2.60. The van der Waals surface area contributed by atoms with E-state index in [2.05, 4.69) is 9.97 Å². The molecule has 6 atom stereocenters. The Morgan fingerprint density at radius 1 is 1.11 bits per heavy atom. The normalized spacial score (nSPS) is 28.2. The number of rotatable bonds is 4. The van der Waals surface area contributed by atoms with Crippen LogP contribution in [-0.2, 0) is 10.9 Å². The number of nitrogens with zero attached hydrogens (tertiary/aromatic N) is 6. The van der Waals surface area contributed by atoms with Crippen LogP contribution in [0.1, 0.15) is 70.9 Å². The Kier molecular flexibility index (Phi) is 8.17. The molecule has 53 heavy (non-hydrogen) atoms. The lowest BCUT2D eigenvalue weighted by atomic mass is 9.95. The van der Waals surface area contributed by atoms with E-state index in [4.69, 9.17) is 24.9 Å². The molecular formula is C36H41F6N7O4. The summed E-state index contributed by atoms with van der Waals surface area (Å²) in [7, 11) is 0. The fourth-order valence-electron chi connectivity index (χ4n) is 9.28. The Labute approximate surface area is 301 Å². The predicted octanol–water partition coefficient (Wildman–Crippen LogP) is 6.57. The number of alkyl halides is 4. The number of amides is 1. The van der Waals surface area contributed by atoms with E-state index in [-0.39, 0.29) is 55.3 Å². The predicted molar refractivity (Wildman–Crippen MR) is 181 cm³/mol. The number of anilines is 2. The fourth-order valence-corrected chi connectivity index (χ4v) is 9.28. The fraction of sp³-hybridized carbons (Fsp3) is 0.611. The van der Waals surface area contributed by atoms with Crippen LogP contribution in [0, 0.1) is 18.6 Å². The number of fused-ring (bicyclic) bond motifs is 6. The first-order valence-corrected chi connectivity index (χ1v) is 17.9. The van der Waals surface area contributed by atoms with Gasteiger partial charge in [-0.25, -0.2) is 22.9 Å². The second kappa shape index (κ2) is 12.1. The van der Waals surface area contributed by atoms with Gasteiger partial charge in [-0.05, 0) is 78.5 Å². The first kappa shape index (κ1) is 35.7. The van der Waals surface area contributed by atoms with Gasteiger partial charge in [0.1, 0.15) is 52.7 Å². The Morgan fingerprint density at radius 2 is 1.87 bits per heavy atom. The number of carbonyl (C=O) groups is 1. The number of piperazine rings is 1. The van der Waals surface area contributed by atoms with Gasteiger partial charge in [-0.15, -0.1) is 0 Å². The maximum Gasteiger partial charge on any atom is 0.417 e. The first-order chi connectivity index (χ1) is 24.9. The first-order valence-electron chi connectivity index (χ1n) is 17.9. The van der Waals surface area contributed by atoms with Crippen molar-refractivity contribution >= 4 is 28.5 Å². The Morgan fingerprint density at radius 3 is 2.58 bits per heavy atom. The van der Waals surface area contributed by atoms with Crippen molar-refractivity contribution in [1.82, 2.24) is 24.8 Å². The minimum atomic E-state index is -5.11. The smallest absolute Gasteiger partial charge is 0.417 e. The molecule has 0 aliphatic carbocycles. The van der Waals surface area contributed by atoms with Gasteiger partial charge in [-0.1, -0.05) is 0 Å². The van der Waals surface area contributed by atoms with Crippen LogP contribution in [0.3, 0.4) is 0 Å². The zero-order valence-electron chi connectivity index (χ0n) is 30.0. The molecule has 4 saturated heterocycles. The van der Waals surface area contributed by atoms with Crippen molar-refractivity contribution in [3.05, 3.63) is 28.8 Å². The number of benzene rings is 1. The molecule has 3 aromatic rings. The third-order valence-corrected chi connectivity index (χ3v) is 11.4. The number of pyridine rings is 1. The molecule has 286 valence electrons. The van der Waals surface area contributed by atoms with Gasteiger partial charge in [0.2, 0.25) is 5.88 Å². The van der Waals surface area contributed by atoms with Gasteiger partial charge in [0.15, 0.2) is 5.82 Å². The van der Waals surface area contributed by atoms with Crippen LogP contribution in [0.2, 0.25) is 0 Å². The molecule has 0 spiro atoms. The Bertz CT molecular complexity index is 2010. The molecule has 8 rings (SSSR count). The van der Waals surface area contributed by atoms with Crippen LogP contribution in [0.25, 0.3) is 22.2 Å². The van der Waals surface area contributed by atoms with Crippen molar-refractivity contribution in [2.75, 3.05) is 36.9 Å². The molecule has 0 saturated carbocycles. The third kappa shape index (κ3) is 5.75.